The Hall–Kier alpha value is -1.15. The number of nitrogens with one attached hydrogen (secondary N) is 1. The summed E-state index contributed by atoms with van der Waals surface area (Å²) in [5, 5.41) is 11.1. The molecule has 0 unspecified atom stereocenters. The van der Waals surface area contributed by atoms with Crippen molar-refractivity contribution >= 4 is 18.9 Å². The van der Waals surface area contributed by atoms with E-state index in [4.69, 9.17) is 5.26 Å². The Morgan fingerprint density at radius 2 is 2.27 bits per heavy atom. The highest BCUT2D eigenvalue weighted by Gasteiger charge is 2.11. The summed E-state index contributed by atoms with van der Waals surface area (Å²) in [6, 6.07) is 1.70. The molecular weight excluding hydrogens is 164 g/mol. The number of carbonyl (C=O) groups is 1. The van der Waals surface area contributed by atoms with Crippen molar-refractivity contribution in [3.8, 4) is 6.07 Å². The summed E-state index contributed by atoms with van der Waals surface area (Å²) in [6.07, 6.45) is 0. The van der Waals surface area contributed by atoms with E-state index in [-0.39, 0.29) is 5.57 Å². The average molecular weight is 172 g/mol. The van der Waals surface area contributed by atoms with Gasteiger partial charge in [0.1, 0.15) is 6.07 Å². The fourth-order valence-corrected chi connectivity index (χ4v) is 0.545. The minimum atomic E-state index is -0.748. The molecule has 0 aromatic rings. The van der Waals surface area contributed by atoms with Gasteiger partial charge in [0.25, 0.3) is 0 Å². The molecule has 5 heteroatoms. The SMILES string of the molecule is CNC(C)=C(C#N)C(=O)OS. The highest BCUT2D eigenvalue weighted by atomic mass is 32.1. The summed E-state index contributed by atoms with van der Waals surface area (Å²) in [5.41, 5.74) is 0.397. The molecule has 0 spiro atoms. The zero-order valence-electron chi connectivity index (χ0n) is 6.21. The van der Waals surface area contributed by atoms with Gasteiger partial charge >= 0.3 is 5.97 Å². The van der Waals surface area contributed by atoms with Crippen LogP contribution in [0.4, 0.5) is 0 Å². The summed E-state index contributed by atoms with van der Waals surface area (Å²) < 4.78 is 4.06. The van der Waals surface area contributed by atoms with Gasteiger partial charge in [-0.3, -0.25) is 0 Å². The normalized spacial score (nSPS) is 11.1. The van der Waals surface area contributed by atoms with E-state index in [1.165, 1.54) is 0 Å². The topological polar surface area (TPSA) is 62.1 Å². The van der Waals surface area contributed by atoms with Crippen LogP contribution in [0.5, 0.6) is 0 Å². The molecule has 0 heterocycles. The van der Waals surface area contributed by atoms with Crippen molar-refractivity contribution in [3.05, 3.63) is 11.3 Å². The van der Waals surface area contributed by atoms with E-state index in [1.54, 1.807) is 20.0 Å². The second kappa shape index (κ2) is 4.63. The third-order valence-electron chi connectivity index (χ3n) is 1.15. The van der Waals surface area contributed by atoms with Crippen molar-refractivity contribution in [2.45, 2.75) is 6.92 Å². The summed E-state index contributed by atoms with van der Waals surface area (Å²) >= 11 is 3.28. The number of hydrogen-bond acceptors (Lipinski definition) is 5. The van der Waals surface area contributed by atoms with Crippen molar-refractivity contribution in [1.29, 1.82) is 5.26 Å². The molecule has 1 N–H and O–H groups in total. The lowest BCUT2D eigenvalue weighted by molar-refractivity contribution is -0.128. The quantitative estimate of drug-likeness (QED) is 0.274. The number of nitriles is 1. The Morgan fingerprint density at radius 3 is 2.55 bits per heavy atom. The van der Waals surface area contributed by atoms with Gasteiger partial charge in [-0.25, -0.2) is 4.79 Å². The molecule has 0 atom stereocenters. The largest absolute Gasteiger partial charge is 0.390 e. The van der Waals surface area contributed by atoms with E-state index in [2.05, 4.69) is 22.4 Å². The molecule has 0 amide bonds. The average Bonchev–Trinajstić information content (AvgIpc) is 2.05. The molecular formula is C6H8N2O2S. The zero-order chi connectivity index (χ0) is 8.85. The van der Waals surface area contributed by atoms with Crippen molar-refractivity contribution in [1.82, 2.24) is 5.32 Å². The van der Waals surface area contributed by atoms with Crippen LogP contribution in [-0.4, -0.2) is 13.0 Å². The fraction of sp³-hybridized carbons (Fsp3) is 0.333. The van der Waals surface area contributed by atoms with E-state index in [9.17, 15) is 4.79 Å². The number of rotatable bonds is 2. The smallest absolute Gasteiger partial charge is 0.362 e. The van der Waals surface area contributed by atoms with Gasteiger partial charge in [-0.2, -0.15) is 5.26 Å². The minimum Gasteiger partial charge on any atom is -0.390 e. The van der Waals surface area contributed by atoms with Crippen molar-refractivity contribution in [2.24, 2.45) is 0 Å². The van der Waals surface area contributed by atoms with Crippen LogP contribution in [0.3, 0.4) is 0 Å². The van der Waals surface area contributed by atoms with Crippen LogP contribution < -0.4 is 5.32 Å². The van der Waals surface area contributed by atoms with Crippen molar-refractivity contribution in [3.63, 3.8) is 0 Å². The van der Waals surface area contributed by atoms with Crippen molar-refractivity contribution in [2.75, 3.05) is 7.05 Å². The standard InChI is InChI=1S/C6H8N2O2S/c1-4(8-2)5(3-7)6(9)10-11/h8,11H,1-2H3. The fourth-order valence-electron chi connectivity index (χ4n) is 0.453. The lowest BCUT2D eigenvalue weighted by Crippen LogP contribution is -2.11. The third kappa shape index (κ3) is 2.51. The van der Waals surface area contributed by atoms with Crippen molar-refractivity contribution < 1.29 is 8.98 Å². The summed E-state index contributed by atoms with van der Waals surface area (Å²) in [5.74, 6) is -0.748. The molecule has 0 radical (unpaired) electrons. The number of allylic oxidation sites excluding steroid dienone is 1. The third-order valence-corrected chi connectivity index (χ3v) is 1.31. The lowest BCUT2D eigenvalue weighted by Gasteiger charge is -2.00. The van der Waals surface area contributed by atoms with Crippen LogP contribution in [0.15, 0.2) is 11.3 Å². The first-order valence-electron chi connectivity index (χ1n) is 2.81. The molecule has 0 aliphatic carbocycles. The lowest BCUT2D eigenvalue weighted by atomic mass is 10.2. The number of nitrogens with zero attached hydrogens (tertiary/aromatic N) is 1. The summed E-state index contributed by atoms with van der Waals surface area (Å²) in [4.78, 5) is 10.7. The van der Waals surface area contributed by atoms with Crippen LogP contribution in [-0.2, 0) is 8.98 Å². The van der Waals surface area contributed by atoms with Crippen LogP contribution >= 0.6 is 12.9 Å². The minimum absolute atomic E-state index is 0.0671. The Bertz CT molecular complexity index is 229. The van der Waals surface area contributed by atoms with E-state index in [1.807, 2.05) is 0 Å². The zero-order valence-corrected chi connectivity index (χ0v) is 7.11. The maximum Gasteiger partial charge on any atom is 0.362 e. The molecule has 0 aromatic heterocycles. The van der Waals surface area contributed by atoms with Crippen LogP contribution in [0.25, 0.3) is 0 Å². The Morgan fingerprint density at radius 1 is 1.73 bits per heavy atom. The second-order valence-corrected chi connectivity index (χ2v) is 1.92. The Balaban J connectivity index is 4.69. The highest BCUT2D eigenvalue weighted by molar-refractivity contribution is 7.75. The van der Waals surface area contributed by atoms with Gasteiger partial charge in [0.05, 0.1) is 0 Å². The van der Waals surface area contributed by atoms with Gasteiger partial charge in [-0.05, 0) is 6.92 Å². The summed E-state index contributed by atoms with van der Waals surface area (Å²) in [6.45, 7) is 1.60. The monoisotopic (exact) mass is 172 g/mol. The molecule has 4 nitrogen and oxygen atoms in total. The summed E-state index contributed by atoms with van der Waals surface area (Å²) in [7, 11) is 1.61. The highest BCUT2D eigenvalue weighted by Crippen LogP contribution is 2.02. The number of carbonyl (C=O) groups excluding carboxylic acids is 1. The molecule has 0 aromatic carbocycles. The first-order valence-corrected chi connectivity index (χ1v) is 3.18. The predicted octanol–water partition coefficient (Wildman–Crippen LogP) is 0.391. The molecule has 0 saturated carbocycles. The molecule has 0 aliphatic rings. The molecule has 0 saturated heterocycles. The molecule has 11 heavy (non-hydrogen) atoms. The first kappa shape index (κ1) is 9.85. The maximum absolute atomic E-state index is 10.7. The predicted molar refractivity (Wildman–Crippen MR) is 42.5 cm³/mol. The van der Waals surface area contributed by atoms with Crippen LogP contribution in [0.2, 0.25) is 0 Å². The molecule has 0 fully saturated rings. The van der Waals surface area contributed by atoms with E-state index >= 15 is 0 Å². The first-order chi connectivity index (χ1) is 5.17. The van der Waals surface area contributed by atoms with Crippen LogP contribution in [0.1, 0.15) is 6.92 Å². The van der Waals surface area contributed by atoms with Crippen LogP contribution in [0, 0.1) is 11.3 Å². The molecule has 0 rings (SSSR count). The Labute approximate surface area is 70.5 Å². The number of thiol groups is 1. The van der Waals surface area contributed by atoms with Gasteiger partial charge in [-0.1, -0.05) is 0 Å². The van der Waals surface area contributed by atoms with Gasteiger partial charge in [0.2, 0.25) is 0 Å². The molecule has 0 bridgehead atoms. The van der Waals surface area contributed by atoms with Gasteiger partial charge < -0.3 is 9.50 Å². The van der Waals surface area contributed by atoms with E-state index < -0.39 is 5.97 Å². The van der Waals surface area contributed by atoms with E-state index in [0.29, 0.717) is 5.70 Å². The molecule has 0 aliphatic heterocycles. The van der Waals surface area contributed by atoms with Gasteiger partial charge in [0.15, 0.2) is 5.57 Å². The molecule has 60 valence electrons. The second-order valence-electron chi connectivity index (χ2n) is 1.74. The van der Waals surface area contributed by atoms with Gasteiger partial charge in [-0.15, -0.1) is 0 Å². The van der Waals surface area contributed by atoms with E-state index in [0.717, 1.165) is 0 Å². The maximum atomic E-state index is 10.7. The number of hydrogen-bond donors (Lipinski definition) is 2. The Kier molecular flexibility index (Phi) is 4.15. The van der Waals surface area contributed by atoms with Gasteiger partial charge in [0, 0.05) is 25.7 Å².